The van der Waals surface area contributed by atoms with Crippen molar-refractivity contribution in [1.29, 1.82) is 0 Å². The Kier molecular flexibility index (Phi) is 5.53. The molecule has 3 heterocycles. The molecule has 3 aromatic heterocycles. The van der Waals surface area contributed by atoms with Crippen LogP contribution in [0.3, 0.4) is 0 Å². The van der Waals surface area contributed by atoms with Crippen molar-refractivity contribution in [3.05, 3.63) is 72.3 Å². The van der Waals surface area contributed by atoms with Crippen LogP contribution in [0.15, 0.2) is 65.0 Å². The normalized spacial score (nSPS) is 12.2. The molecule has 0 radical (unpaired) electrons. The monoisotopic (exact) mass is 481 g/mol. The molecule has 6 nitrogen and oxygen atoms in total. The molecular weight excluding hydrogens is 470 g/mol. The minimum atomic E-state index is -4.75. The molecule has 0 saturated carbocycles. The SMILES string of the molecule is O=S(=O)(O)c1ccc(-c2cc(-c3nc(-c4ccc(F)cc4)cc(C(F)(F)F)n3)ccn2)s1. The number of aromatic nitrogens is 3. The first-order valence-corrected chi connectivity index (χ1v) is 11.0. The van der Waals surface area contributed by atoms with Gasteiger partial charge >= 0.3 is 16.3 Å². The Morgan fingerprint density at radius 2 is 1.59 bits per heavy atom. The molecule has 4 rings (SSSR count). The van der Waals surface area contributed by atoms with E-state index in [2.05, 4.69) is 15.0 Å². The third-order valence-corrected chi connectivity index (χ3v) is 6.69. The Hall–Kier alpha value is -3.22. The van der Waals surface area contributed by atoms with Gasteiger partial charge in [-0.15, -0.1) is 11.3 Å². The van der Waals surface area contributed by atoms with E-state index in [1.54, 1.807) is 0 Å². The van der Waals surface area contributed by atoms with Crippen molar-refractivity contribution in [3.8, 4) is 33.2 Å². The van der Waals surface area contributed by atoms with Crippen molar-refractivity contribution in [1.82, 2.24) is 15.0 Å². The third-order valence-electron chi connectivity index (χ3n) is 4.26. The number of pyridine rings is 1. The zero-order valence-corrected chi connectivity index (χ0v) is 17.3. The standard InChI is InChI=1S/C20H11F4N3O3S2/c21-13-3-1-11(2-4-13)14-10-17(20(22,23)24)27-19(26-14)12-7-8-25-15(9-12)16-5-6-18(31-16)32(28,29)30/h1-10H,(H,28,29,30). The average molecular weight is 481 g/mol. The van der Waals surface area contributed by atoms with Crippen molar-refractivity contribution >= 4 is 21.5 Å². The summed E-state index contributed by atoms with van der Waals surface area (Å²) in [5.41, 5.74) is -0.501. The summed E-state index contributed by atoms with van der Waals surface area (Å²) in [6.45, 7) is 0. The van der Waals surface area contributed by atoms with Crippen LogP contribution in [0.25, 0.3) is 33.2 Å². The van der Waals surface area contributed by atoms with E-state index >= 15 is 0 Å². The number of halogens is 4. The van der Waals surface area contributed by atoms with Gasteiger partial charge in [0.15, 0.2) is 5.82 Å². The molecule has 0 fully saturated rings. The molecule has 32 heavy (non-hydrogen) atoms. The van der Waals surface area contributed by atoms with E-state index in [0.717, 1.165) is 29.5 Å². The number of hydrogen-bond acceptors (Lipinski definition) is 6. The molecule has 4 aromatic rings. The molecule has 164 valence electrons. The summed E-state index contributed by atoms with van der Waals surface area (Å²) in [7, 11) is -4.40. The maximum atomic E-state index is 13.5. The van der Waals surface area contributed by atoms with E-state index in [-0.39, 0.29) is 32.5 Å². The van der Waals surface area contributed by atoms with Crippen molar-refractivity contribution in [2.75, 3.05) is 0 Å². The first-order chi connectivity index (χ1) is 15.0. The zero-order chi connectivity index (χ0) is 23.1. The second kappa shape index (κ2) is 8.04. The molecule has 0 saturated heterocycles. The average Bonchev–Trinajstić information content (AvgIpc) is 3.24. The van der Waals surface area contributed by atoms with Gasteiger partial charge in [-0.1, -0.05) is 0 Å². The van der Waals surface area contributed by atoms with Crippen molar-refractivity contribution < 1.29 is 30.5 Å². The minimum absolute atomic E-state index is 0.0505. The fourth-order valence-electron chi connectivity index (χ4n) is 2.79. The van der Waals surface area contributed by atoms with E-state index < -0.39 is 27.8 Å². The van der Waals surface area contributed by atoms with Crippen LogP contribution in [0.1, 0.15) is 5.69 Å². The molecule has 1 N–H and O–H groups in total. The highest BCUT2D eigenvalue weighted by atomic mass is 32.3. The summed E-state index contributed by atoms with van der Waals surface area (Å²) in [6.07, 6.45) is -3.43. The van der Waals surface area contributed by atoms with E-state index in [1.165, 1.54) is 42.6 Å². The lowest BCUT2D eigenvalue weighted by Gasteiger charge is -2.11. The predicted molar refractivity (Wildman–Crippen MR) is 109 cm³/mol. The van der Waals surface area contributed by atoms with Gasteiger partial charge in [-0.05, 0) is 54.6 Å². The molecule has 0 spiro atoms. The summed E-state index contributed by atoms with van der Waals surface area (Å²) >= 11 is 0.749. The van der Waals surface area contributed by atoms with Crippen LogP contribution >= 0.6 is 11.3 Å². The summed E-state index contributed by atoms with van der Waals surface area (Å²) in [5, 5.41) is 0. The van der Waals surface area contributed by atoms with Crippen LogP contribution in [0.5, 0.6) is 0 Å². The fraction of sp³-hybridized carbons (Fsp3) is 0.0500. The number of nitrogens with zero attached hydrogens (tertiary/aromatic N) is 3. The highest BCUT2D eigenvalue weighted by Crippen LogP contribution is 2.34. The predicted octanol–water partition coefficient (Wildman–Crippen LogP) is 5.34. The molecular formula is C20H11F4N3O3S2. The molecule has 0 amide bonds. The van der Waals surface area contributed by atoms with Gasteiger partial charge in [-0.25, -0.2) is 14.4 Å². The van der Waals surface area contributed by atoms with Gasteiger partial charge in [0.2, 0.25) is 0 Å². The molecule has 0 bridgehead atoms. The number of hydrogen-bond donors (Lipinski definition) is 1. The van der Waals surface area contributed by atoms with E-state index in [4.69, 9.17) is 4.55 Å². The maximum absolute atomic E-state index is 13.5. The van der Waals surface area contributed by atoms with Crippen molar-refractivity contribution in [3.63, 3.8) is 0 Å². The lowest BCUT2D eigenvalue weighted by molar-refractivity contribution is -0.141. The van der Waals surface area contributed by atoms with Gasteiger partial charge in [0.25, 0.3) is 0 Å². The first-order valence-electron chi connectivity index (χ1n) is 8.77. The lowest BCUT2D eigenvalue weighted by Crippen LogP contribution is -2.10. The van der Waals surface area contributed by atoms with Gasteiger partial charge in [-0.3, -0.25) is 9.54 Å². The highest BCUT2D eigenvalue weighted by molar-refractivity contribution is 7.88. The van der Waals surface area contributed by atoms with Crippen LogP contribution < -0.4 is 0 Å². The molecule has 0 unspecified atom stereocenters. The van der Waals surface area contributed by atoms with Gasteiger partial charge in [0.1, 0.15) is 15.7 Å². The van der Waals surface area contributed by atoms with E-state index in [0.29, 0.717) is 4.88 Å². The fourth-order valence-corrected chi connectivity index (χ4v) is 4.43. The smallest absolute Gasteiger partial charge is 0.281 e. The van der Waals surface area contributed by atoms with Crippen LogP contribution in [-0.2, 0) is 16.3 Å². The van der Waals surface area contributed by atoms with Gasteiger partial charge in [-0.2, -0.15) is 21.6 Å². The van der Waals surface area contributed by atoms with E-state index in [1.807, 2.05) is 0 Å². The van der Waals surface area contributed by atoms with Crippen LogP contribution in [0, 0.1) is 5.82 Å². The second-order valence-electron chi connectivity index (χ2n) is 6.49. The Balaban J connectivity index is 1.82. The number of rotatable bonds is 4. The topological polar surface area (TPSA) is 93.0 Å². The molecule has 0 aliphatic carbocycles. The third kappa shape index (κ3) is 4.66. The van der Waals surface area contributed by atoms with Crippen LogP contribution in [0.4, 0.5) is 17.6 Å². The van der Waals surface area contributed by atoms with Gasteiger partial charge < -0.3 is 0 Å². The number of alkyl halides is 3. The Morgan fingerprint density at radius 1 is 0.875 bits per heavy atom. The Labute approximate surface area is 183 Å². The van der Waals surface area contributed by atoms with Crippen LogP contribution in [-0.4, -0.2) is 27.9 Å². The van der Waals surface area contributed by atoms with Gasteiger partial charge in [0, 0.05) is 17.3 Å². The molecule has 0 aliphatic heterocycles. The highest BCUT2D eigenvalue weighted by Gasteiger charge is 2.34. The summed E-state index contributed by atoms with van der Waals surface area (Å²) in [5.74, 6) is -0.785. The zero-order valence-electron chi connectivity index (χ0n) is 15.7. The minimum Gasteiger partial charge on any atom is -0.281 e. The van der Waals surface area contributed by atoms with Crippen molar-refractivity contribution in [2.24, 2.45) is 0 Å². The Bertz CT molecular complexity index is 1400. The quantitative estimate of drug-likeness (QED) is 0.313. The molecule has 1 aromatic carbocycles. The summed E-state index contributed by atoms with van der Waals surface area (Å²) in [4.78, 5) is 12.3. The summed E-state index contributed by atoms with van der Waals surface area (Å²) < 4.78 is 85.0. The second-order valence-corrected chi connectivity index (χ2v) is 9.22. The van der Waals surface area contributed by atoms with Gasteiger partial charge in [0.05, 0.1) is 16.3 Å². The largest absolute Gasteiger partial charge is 0.433 e. The van der Waals surface area contributed by atoms with E-state index in [9.17, 15) is 26.0 Å². The summed E-state index contributed by atoms with van der Waals surface area (Å²) in [6, 6.07) is 11.0. The maximum Gasteiger partial charge on any atom is 0.433 e. The number of benzene rings is 1. The lowest BCUT2D eigenvalue weighted by atomic mass is 10.1. The first kappa shape index (κ1) is 22.0. The van der Waals surface area contributed by atoms with Crippen molar-refractivity contribution in [2.45, 2.75) is 10.4 Å². The molecule has 0 aliphatic rings. The Morgan fingerprint density at radius 3 is 2.22 bits per heavy atom. The molecule has 0 atom stereocenters. The molecule has 12 heteroatoms. The van der Waals surface area contributed by atoms with Crippen LogP contribution in [0.2, 0.25) is 0 Å². The number of thiophene rings is 1.